The van der Waals surface area contributed by atoms with Gasteiger partial charge in [-0.25, -0.2) is 9.59 Å². The first kappa shape index (κ1) is 31.9. The van der Waals surface area contributed by atoms with E-state index in [4.69, 9.17) is 14.2 Å². The van der Waals surface area contributed by atoms with Gasteiger partial charge in [0.2, 0.25) is 0 Å². The molecule has 0 aliphatic rings. The summed E-state index contributed by atoms with van der Waals surface area (Å²) < 4.78 is 59.7. The number of halogens is 3. The van der Waals surface area contributed by atoms with E-state index in [-0.39, 0.29) is 18.8 Å². The van der Waals surface area contributed by atoms with Crippen molar-refractivity contribution in [1.29, 1.82) is 0 Å². The van der Waals surface area contributed by atoms with Crippen LogP contribution in [-0.2, 0) is 31.0 Å². The standard InChI is InChI=1S/C30H38F3NO5/c1-20(2)21(3)18-25(24(19-22-14-10-8-11-15-22)34-27(36)39-28(4,5)6)38-26(35)29(37-7,30(31,32)33)23-16-12-9-13-17-23/h8-17,20,24-25H,3,18-19H2,1-2,4-7H3,(H,34,36)/t24-,25+,29-/m0/s1. The number of amides is 1. The number of nitrogens with one attached hydrogen (secondary N) is 1. The molecule has 2 aromatic carbocycles. The molecule has 0 unspecified atom stereocenters. The fourth-order valence-corrected chi connectivity index (χ4v) is 3.97. The summed E-state index contributed by atoms with van der Waals surface area (Å²) in [5.41, 5.74) is -3.23. The largest absolute Gasteiger partial charge is 0.457 e. The summed E-state index contributed by atoms with van der Waals surface area (Å²) in [4.78, 5) is 26.3. The van der Waals surface area contributed by atoms with Crippen LogP contribution in [0.1, 0.15) is 52.2 Å². The molecule has 39 heavy (non-hydrogen) atoms. The first-order valence-electron chi connectivity index (χ1n) is 12.7. The summed E-state index contributed by atoms with van der Waals surface area (Å²) in [5.74, 6) is -1.71. The molecule has 214 valence electrons. The highest BCUT2D eigenvalue weighted by atomic mass is 19.4. The number of ether oxygens (including phenoxy) is 3. The van der Waals surface area contributed by atoms with Crippen molar-refractivity contribution in [2.45, 2.75) is 77.0 Å². The maximum Gasteiger partial charge on any atom is 0.432 e. The topological polar surface area (TPSA) is 73.9 Å². The third kappa shape index (κ3) is 8.58. The summed E-state index contributed by atoms with van der Waals surface area (Å²) in [7, 11) is 0.810. The smallest absolute Gasteiger partial charge is 0.432 e. The Morgan fingerprint density at radius 2 is 1.49 bits per heavy atom. The van der Waals surface area contributed by atoms with Gasteiger partial charge in [0.25, 0.3) is 5.60 Å². The predicted molar refractivity (Wildman–Crippen MR) is 143 cm³/mol. The first-order valence-corrected chi connectivity index (χ1v) is 12.7. The van der Waals surface area contributed by atoms with Gasteiger partial charge in [-0.15, -0.1) is 0 Å². The number of alkyl carbamates (subject to hydrolysis) is 1. The van der Waals surface area contributed by atoms with Crippen LogP contribution in [0, 0.1) is 5.92 Å². The highest BCUT2D eigenvalue weighted by Gasteiger charge is 2.64. The van der Waals surface area contributed by atoms with Gasteiger partial charge in [-0.3, -0.25) is 0 Å². The Balaban J connectivity index is 2.57. The van der Waals surface area contributed by atoms with Gasteiger partial charge < -0.3 is 19.5 Å². The minimum atomic E-state index is -5.15. The number of methoxy groups -OCH3 is 1. The van der Waals surface area contributed by atoms with E-state index in [1.807, 2.05) is 19.9 Å². The van der Waals surface area contributed by atoms with Crippen molar-refractivity contribution >= 4 is 12.1 Å². The van der Waals surface area contributed by atoms with Crippen LogP contribution in [0.15, 0.2) is 72.8 Å². The number of alkyl halides is 3. The molecule has 1 amide bonds. The number of hydrogen-bond donors (Lipinski definition) is 1. The minimum Gasteiger partial charge on any atom is -0.457 e. The Kier molecular flexibility index (Phi) is 10.8. The molecule has 9 heteroatoms. The van der Waals surface area contributed by atoms with Crippen molar-refractivity contribution in [2.75, 3.05) is 7.11 Å². The molecule has 0 bridgehead atoms. The molecule has 0 aliphatic heterocycles. The van der Waals surface area contributed by atoms with E-state index >= 15 is 0 Å². The van der Waals surface area contributed by atoms with Crippen molar-refractivity contribution in [3.8, 4) is 0 Å². The Morgan fingerprint density at radius 1 is 0.949 bits per heavy atom. The molecule has 0 heterocycles. The summed E-state index contributed by atoms with van der Waals surface area (Å²) in [6, 6.07) is 14.7. The van der Waals surface area contributed by atoms with Gasteiger partial charge >= 0.3 is 18.2 Å². The second-order valence-electron chi connectivity index (χ2n) is 10.7. The lowest BCUT2D eigenvalue weighted by Gasteiger charge is -2.36. The predicted octanol–water partition coefficient (Wildman–Crippen LogP) is 6.74. The van der Waals surface area contributed by atoms with Crippen molar-refractivity contribution in [1.82, 2.24) is 5.32 Å². The first-order chi connectivity index (χ1) is 18.1. The molecule has 0 radical (unpaired) electrons. The maximum absolute atomic E-state index is 14.6. The van der Waals surface area contributed by atoms with Crippen LogP contribution >= 0.6 is 0 Å². The Bertz CT molecular complexity index is 1100. The van der Waals surface area contributed by atoms with Gasteiger partial charge in [0.15, 0.2) is 0 Å². The van der Waals surface area contributed by atoms with Gasteiger partial charge in [0, 0.05) is 19.1 Å². The van der Waals surface area contributed by atoms with E-state index in [0.717, 1.165) is 24.8 Å². The van der Waals surface area contributed by atoms with Gasteiger partial charge in [0.1, 0.15) is 11.7 Å². The minimum absolute atomic E-state index is 0.00312. The van der Waals surface area contributed by atoms with E-state index in [9.17, 15) is 22.8 Å². The van der Waals surface area contributed by atoms with Crippen molar-refractivity contribution in [2.24, 2.45) is 5.92 Å². The van der Waals surface area contributed by atoms with Gasteiger partial charge in [0.05, 0.1) is 6.04 Å². The number of rotatable bonds is 11. The van der Waals surface area contributed by atoms with Crippen LogP contribution in [0.4, 0.5) is 18.0 Å². The van der Waals surface area contributed by atoms with E-state index in [1.54, 1.807) is 45.0 Å². The lowest BCUT2D eigenvalue weighted by Crippen LogP contribution is -2.55. The van der Waals surface area contributed by atoms with Crippen molar-refractivity contribution in [3.63, 3.8) is 0 Å². The molecular formula is C30H38F3NO5. The van der Waals surface area contributed by atoms with Gasteiger partial charge in [-0.1, -0.05) is 86.7 Å². The molecule has 3 atom stereocenters. The van der Waals surface area contributed by atoms with Crippen LogP contribution in [0.25, 0.3) is 0 Å². The maximum atomic E-state index is 14.6. The third-order valence-electron chi connectivity index (χ3n) is 6.16. The SMILES string of the molecule is C=C(C[C@@H](OC(=O)[C@@](OC)(c1ccccc1)C(F)(F)F)[C@H](Cc1ccccc1)NC(=O)OC(C)(C)C)C(C)C. The monoisotopic (exact) mass is 549 g/mol. The van der Waals surface area contributed by atoms with Crippen molar-refractivity contribution in [3.05, 3.63) is 83.9 Å². The summed E-state index contributed by atoms with van der Waals surface area (Å²) in [6.07, 6.45) is -7.01. The van der Waals surface area contributed by atoms with E-state index in [1.165, 1.54) is 18.2 Å². The van der Waals surface area contributed by atoms with Crippen LogP contribution in [-0.4, -0.2) is 43.1 Å². The zero-order valence-corrected chi connectivity index (χ0v) is 23.3. The Labute approximate surface area is 228 Å². The van der Waals surface area contributed by atoms with Crippen LogP contribution < -0.4 is 5.32 Å². The average Bonchev–Trinajstić information content (AvgIpc) is 2.83. The van der Waals surface area contributed by atoms with E-state index in [2.05, 4.69) is 11.9 Å². The fraction of sp³-hybridized carbons (Fsp3) is 0.467. The molecule has 0 aliphatic carbocycles. The molecule has 2 rings (SSSR count). The Morgan fingerprint density at radius 3 is 1.95 bits per heavy atom. The molecule has 0 spiro atoms. The van der Waals surface area contributed by atoms with E-state index in [0.29, 0.717) is 5.57 Å². The molecule has 0 saturated carbocycles. The quantitative estimate of drug-likeness (QED) is 0.248. The second kappa shape index (κ2) is 13.2. The number of carbonyl (C=O) groups is 2. The highest BCUT2D eigenvalue weighted by Crippen LogP contribution is 2.43. The van der Waals surface area contributed by atoms with Crippen LogP contribution in [0.2, 0.25) is 0 Å². The number of carbonyl (C=O) groups excluding carboxylic acids is 2. The molecule has 2 aromatic rings. The van der Waals surface area contributed by atoms with Gasteiger partial charge in [-0.2, -0.15) is 13.2 Å². The fourth-order valence-electron chi connectivity index (χ4n) is 3.97. The van der Waals surface area contributed by atoms with E-state index < -0.39 is 47.2 Å². The van der Waals surface area contributed by atoms with Gasteiger partial charge in [-0.05, 0) is 38.7 Å². The van der Waals surface area contributed by atoms with Crippen LogP contribution in [0.3, 0.4) is 0 Å². The normalized spacial score (nSPS) is 15.1. The molecule has 0 aromatic heterocycles. The molecular weight excluding hydrogens is 511 g/mol. The molecule has 6 nitrogen and oxygen atoms in total. The number of hydrogen-bond acceptors (Lipinski definition) is 5. The zero-order chi connectivity index (χ0) is 29.4. The lowest BCUT2D eigenvalue weighted by molar-refractivity contribution is -0.278. The highest BCUT2D eigenvalue weighted by molar-refractivity contribution is 5.83. The molecule has 0 saturated heterocycles. The second-order valence-corrected chi connectivity index (χ2v) is 10.7. The zero-order valence-electron chi connectivity index (χ0n) is 23.3. The van der Waals surface area contributed by atoms with Crippen LogP contribution in [0.5, 0.6) is 0 Å². The average molecular weight is 550 g/mol. The molecule has 0 fully saturated rings. The number of esters is 1. The Hall–Kier alpha value is -3.33. The molecule has 1 N–H and O–H groups in total. The number of benzene rings is 2. The summed E-state index contributed by atoms with van der Waals surface area (Å²) in [5, 5.41) is 2.72. The third-order valence-corrected chi connectivity index (χ3v) is 6.16. The lowest BCUT2D eigenvalue weighted by atomic mass is 9.90. The summed E-state index contributed by atoms with van der Waals surface area (Å²) in [6.45, 7) is 12.8. The van der Waals surface area contributed by atoms with Crippen molar-refractivity contribution < 1.29 is 37.0 Å². The summed E-state index contributed by atoms with van der Waals surface area (Å²) >= 11 is 0.